The van der Waals surface area contributed by atoms with E-state index < -0.39 is 0 Å². The van der Waals surface area contributed by atoms with Crippen molar-refractivity contribution in [2.45, 2.75) is 45.3 Å². The van der Waals surface area contributed by atoms with Crippen molar-refractivity contribution in [1.82, 2.24) is 0 Å². The van der Waals surface area contributed by atoms with Gasteiger partial charge in [0.15, 0.2) is 0 Å². The average Bonchev–Trinajstić information content (AvgIpc) is 2.98. The highest BCUT2D eigenvalue weighted by Gasteiger charge is 2.29. The van der Waals surface area contributed by atoms with Crippen molar-refractivity contribution in [1.29, 1.82) is 0 Å². The van der Waals surface area contributed by atoms with Crippen LogP contribution in [0, 0.1) is 5.92 Å². The van der Waals surface area contributed by atoms with Crippen molar-refractivity contribution in [2.75, 3.05) is 0 Å². The van der Waals surface area contributed by atoms with E-state index in [0.717, 1.165) is 5.75 Å². The van der Waals surface area contributed by atoms with Crippen LogP contribution in [0.5, 0.6) is 5.75 Å². The molecule has 1 aliphatic carbocycles. The normalized spacial score (nSPS) is 18.2. The Morgan fingerprint density at radius 2 is 1.75 bits per heavy atom. The Morgan fingerprint density at radius 1 is 1.19 bits per heavy atom. The predicted octanol–water partition coefficient (Wildman–Crippen LogP) is 3.27. The first-order valence-corrected chi connectivity index (χ1v) is 6.00. The smallest absolute Gasteiger partial charge is 0.120 e. The highest BCUT2D eigenvalue weighted by Crippen LogP contribution is 2.39. The van der Waals surface area contributed by atoms with Gasteiger partial charge in [-0.3, -0.25) is 0 Å². The number of hydrogen-bond acceptors (Lipinski definition) is 2. The standard InChI is InChI=1S/C14H21NO/c1-14(2,3)16-12-8-6-11(7-9-12)13(15)10-4-5-10/h6-10,13H,4-5,15H2,1-3H3/t13-/m0/s1. The van der Waals surface area contributed by atoms with Crippen molar-refractivity contribution < 1.29 is 4.74 Å². The molecule has 2 nitrogen and oxygen atoms in total. The van der Waals surface area contributed by atoms with Crippen LogP contribution >= 0.6 is 0 Å². The van der Waals surface area contributed by atoms with Gasteiger partial charge in [-0.2, -0.15) is 0 Å². The summed E-state index contributed by atoms with van der Waals surface area (Å²) in [5.41, 5.74) is 7.22. The first-order valence-electron chi connectivity index (χ1n) is 6.00. The van der Waals surface area contributed by atoms with Crippen molar-refractivity contribution >= 4 is 0 Å². The molecular formula is C14H21NO. The third kappa shape index (κ3) is 2.99. The molecule has 0 spiro atoms. The summed E-state index contributed by atoms with van der Waals surface area (Å²) in [6.45, 7) is 6.16. The van der Waals surface area contributed by atoms with Crippen LogP contribution in [0.1, 0.15) is 45.2 Å². The molecule has 0 unspecified atom stereocenters. The van der Waals surface area contributed by atoms with Gasteiger partial charge in [0.05, 0.1) is 0 Å². The highest BCUT2D eigenvalue weighted by molar-refractivity contribution is 5.30. The number of ether oxygens (including phenoxy) is 1. The molecule has 0 aromatic heterocycles. The lowest BCUT2D eigenvalue weighted by Gasteiger charge is -2.21. The molecule has 1 fully saturated rings. The van der Waals surface area contributed by atoms with Crippen LogP contribution in [0.3, 0.4) is 0 Å². The molecule has 0 bridgehead atoms. The molecule has 1 saturated carbocycles. The lowest BCUT2D eigenvalue weighted by Crippen LogP contribution is -2.23. The topological polar surface area (TPSA) is 35.2 Å². The molecule has 0 radical (unpaired) electrons. The van der Waals surface area contributed by atoms with Crippen LogP contribution in [0.25, 0.3) is 0 Å². The van der Waals surface area contributed by atoms with Gasteiger partial charge in [0.25, 0.3) is 0 Å². The second-order valence-electron chi connectivity index (χ2n) is 5.65. The number of rotatable bonds is 3. The van der Waals surface area contributed by atoms with E-state index in [1.165, 1.54) is 18.4 Å². The Balaban J connectivity index is 2.04. The Hall–Kier alpha value is -1.02. The van der Waals surface area contributed by atoms with E-state index in [4.69, 9.17) is 10.5 Å². The maximum atomic E-state index is 6.14. The van der Waals surface area contributed by atoms with Crippen LogP contribution in [0.15, 0.2) is 24.3 Å². The minimum Gasteiger partial charge on any atom is -0.488 e. The minimum atomic E-state index is -0.139. The van der Waals surface area contributed by atoms with Crippen LogP contribution < -0.4 is 10.5 Å². The Kier molecular flexibility index (Phi) is 2.94. The van der Waals surface area contributed by atoms with Gasteiger partial charge in [0, 0.05) is 6.04 Å². The lowest BCUT2D eigenvalue weighted by atomic mass is 10.0. The van der Waals surface area contributed by atoms with Gasteiger partial charge in [-0.05, 0) is 57.2 Å². The van der Waals surface area contributed by atoms with Gasteiger partial charge in [-0.1, -0.05) is 12.1 Å². The largest absolute Gasteiger partial charge is 0.488 e. The Labute approximate surface area is 97.8 Å². The zero-order chi connectivity index (χ0) is 11.8. The van der Waals surface area contributed by atoms with Crippen LogP contribution in [0.4, 0.5) is 0 Å². The maximum Gasteiger partial charge on any atom is 0.120 e. The zero-order valence-electron chi connectivity index (χ0n) is 10.4. The second-order valence-corrected chi connectivity index (χ2v) is 5.65. The summed E-state index contributed by atoms with van der Waals surface area (Å²) in [7, 11) is 0. The molecule has 2 N–H and O–H groups in total. The molecule has 1 aromatic rings. The van der Waals surface area contributed by atoms with Crippen molar-refractivity contribution in [2.24, 2.45) is 11.7 Å². The summed E-state index contributed by atoms with van der Waals surface area (Å²) < 4.78 is 5.77. The summed E-state index contributed by atoms with van der Waals surface area (Å²) in [5.74, 6) is 1.62. The SMILES string of the molecule is CC(C)(C)Oc1ccc([C@@H](N)C2CC2)cc1. The molecule has 0 saturated heterocycles. The Morgan fingerprint density at radius 3 is 2.19 bits per heavy atom. The summed E-state index contributed by atoms with van der Waals surface area (Å²) >= 11 is 0. The summed E-state index contributed by atoms with van der Waals surface area (Å²) in [4.78, 5) is 0. The van der Waals surface area contributed by atoms with Crippen molar-refractivity contribution in [3.63, 3.8) is 0 Å². The van der Waals surface area contributed by atoms with Gasteiger partial charge >= 0.3 is 0 Å². The molecule has 0 aliphatic heterocycles. The molecule has 1 aromatic carbocycles. The minimum absolute atomic E-state index is 0.139. The van der Waals surface area contributed by atoms with Crippen molar-refractivity contribution in [3.8, 4) is 5.75 Å². The predicted molar refractivity (Wildman–Crippen MR) is 66.5 cm³/mol. The second kappa shape index (κ2) is 4.10. The molecule has 0 amide bonds. The quantitative estimate of drug-likeness (QED) is 0.846. The van der Waals surface area contributed by atoms with Gasteiger partial charge in [0.1, 0.15) is 11.4 Å². The average molecular weight is 219 g/mol. The molecule has 88 valence electrons. The van der Waals surface area contributed by atoms with E-state index in [1.54, 1.807) is 0 Å². The molecule has 2 rings (SSSR count). The molecule has 1 aliphatic rings. The lowest BCUT2D eigenvalue weighted by molar-refractivity contribution is 0.131. The third-order valence-corrected chi connectivity index (χ3v) is 2.82. The van der Waals surface area contributed by atoms with E-state index >= 15 is 0 Å². The first-order chi connectivity index (χ1) is 7.46. The molecular weight excluding hydrogens is 198 g/mol. The first kappa shape index (κ1) is 11.5. The zero-order valence-corrected chi connectivity index (χ0v) is 10.4. The van der Waals surface area contributed by atoms with Gasteiger partial charge < -0.3 is 10.5 Å². The van der Waals surface area contributed by atoms with Gasteiger partial charge in [-0.15, -0.1) is 0 Å². The van der Waals surface area contributed by atoms with Crippen molar-refractivity contribution in [3.05, 3.63) is 29.8 Å². The molecule has 16 heavy (non-hydrogen) atoms. The van der Waals surface area contributed by atoms with Gasteiger partial charge in [-0.25, -0.2) is 0 Å². The molecule has 1 atom stereocenters. The van der Waals surface area contributed by atoms with E-state index in [9.17, 15) is 0 Å². The van der Waals surface area contributed by atoms with E-state index in [2.05, 4.69) is 32.9 Å². The number of nitrogens with two attached hydrogens (primary N) is 1. The summed E-state index contributed by atoms with van der Waals surface area (Å²) in [6.07, 6.45) is 2.56. The molecule has 2 heteroatoms. The van der Waals surface area contributed by atoms with Crippen LogP contribution in [-0.4, -0.2) is 5.60 Å². The fraction of sp³-hybridized carbons (Fsp3) is 0.571. The van der Waals surface area contributed by atoms with E-state index in [1.807, 2.05) is 12.1 Å². The Bertz CT molecular complexity index is 346. The maximum absolute atomic E-state index is 6.14. The fourth-order valence-electron chi connectivity index (χ4n) is 1.84. The number of hydrogen-bond donors (Lipinski definition) is 1. The monoisotopic (exact) mass is 219 g/mol. The van der Waals surface area contributed by atoms with Crippen LogP contribution in [0.2, 0.25) is 0 Å². The fourth-order valence-corrected chi connectivity index (χ4v) is 1.84. The van der Waals surface area contributed by atoms with E-state index in [-0.39, 0.29) is 11.6 Å². The van der Waals surface area contributed by atoms with Crippen LogP contribution in [-0.2, 0) is 0 Å². The summed E-state index contributed by atoms with van der Waals surface area (Å²) in [6, 6.07) is 8.42. The summed E-state index contributed by atoms with van der Waals surface area (Å²) in [5, 5.41) is 0. The molecule has 0 heterocycles. The third-order valence-electron chi connectivity index (χ3n) is 2.82. The number of benzene rings is 1. The van der Waals surface area contributed by atoms with Gasteiger partial charge in [0.2, 0.25) is 0 Å². The van der Waals surface area contributed by atoms with E-state index in [0.29, 0.717) is 5.92 Å². The highest BCUT2D eigenvalue weighted by atomic mass is 16.5.